The van der Waals surface area contributed by atoms with E-state index >= 15 is 0 Å². The minimum Gasteiger partial charge on any atom is -0.0843 e. The Kier molecular flexibility index (Phi) is 3.90. The van der Waals surface area contributed by atoms with E-state index in [9.17, 15) is 0 Å². The molecule has 88 valence electrons. The predicted molar refractivity (Wildman–Crippen MR) is 78.1 cm³/mol. The Morgan fingerprint density at radius 3 is 2.47 bits per heavy atom. The van der Waals surface area contributed by atoms with Crippen LogP contribution in [0.25, 0.3) is 0 Å². The number of halogens is 2. The molecule has 0 saturated carbocycles. The molecule has 0 amide bonds. The van der Waals surface area contributed by atoms with Crippen molar-refractivity contribution in [3.63, 3.8) is 0 Å². The van der Waals surface area contributed by atoms with Crippen molar-refractivity contribution in [2.75, 3.05) is 0 Å². The Balaban J connectivity index is 2.40. The van der Waals surface area contributed by atoms with Crippen molar-refractivity contribution in [1.82, 2.24) is 0 Å². The highest BCUT2D eigenvalue weighted by Gasteiger charge is 2.12. The summed E-state index contributed by atoms with van der Waals surface area (Å²) in [4.78, 5) is 0.196. The smallest absolute Gasteiger partial charge is 0.0647 e. The van der Waals surface area contributed by atoms with Gasteiger partial charge in [-0.15, -0.1) is 0 Å². The second kappa shape index (κ2) is 5.24. The van der Waals surface area contributed by atoms with Crippen LogP contribution in [0.4, 0.5) is 0 Å². The standard InChI is InChI=1S/C15H14BrCl/c1-10-6-7-14(11(2)8-10)15(16)12-4-3-5-13(17)9-12/h3-9,15H,1-2H3. The molecule has 0 spiro atoms. The Morgan fingerprint density at radius 1 is 1.06 bits per heavy atom. The van der Waals surface area contributed by atoms with Crippen LogP contribution in [-0.4, -0.2) is 0 Å². The van der Waals surface area contributed by atoms with Crippen LogP contribution in [0.15, 0.2) is 42.5 Å². The van der Waals surface area contributed by atoms with Crippen molar-refractivity contribution in [2.24, 2.45) is 0 Å². The number of aryl methyl sites for hydroxylation is 2. The predicted octanol–water partition coefficient (Wildman–Crippen LogP) is 5.44. The van der Waals surface area contributed by atoms with E-state index in [4.69, 9.17) is 11.6 Å². The number of rotatable bonds is 2. The average Bonchev–Trinajstić information content (AvgIpc) is 2.28. The van der Waals surface area contributed by atoms with Gasteiger partial charge in [0.25, 0.3) is 0 Å². The van der Waals surface area contributed by atoms with Gasteiger partial charge in [0.05, 0.1) is 4.83 Å². The van der Waals surface area contributed by atoms with Crippen LogP contribution in [0.3, 0.4) is 0 Å². The summed E-state index contributed by atoms with van der Waals surface area (Å²) in [7, 11) is 0. The molecular formula is C15H14BrCl. The van der Waals surface area contributed by atoms with Crippen LogP contribution < -0.4 is 0 Å². The molecular weight excluding hydrogens is 296 g/mol. The van der Waals surface area contributed by atoms with E-state index < -0.39 is 0 Å². The maximum atomic E-state index is 6.02. The van der Waals surface area contributed by atoms with Gasteiger partial charge < -0.3 is 0 Å². The fourth-order valence-corrected chi connectivity index (χ4v) is 2.95. The maximum absolute atomic E-state index is 6.02. The normalized spacial score (nSPS) is 12.5. The number of alkyl halides is 1. The van der Waals surface area contributed by atoms with Crippen molar-refractivity contribution in [3.05, 3.63) is 69.7 Å². The van der Waals surface area contributed by atoms with Gasteiger partial charge in [0.2, 0.25) is 0 Å². The second-order valence-electron chi connectivity index (χ2n) is 4.28. The summed E-state index contributed by atoms with van der Waals surface area (Å²) in [6.45, 7) is 4.25. The third-order valence-electron chi connectivity index (χ3n) is 2.84. The van der Waals surface area contributed by atoms with Gasteiger partial charge in [0.1, 0.15) is 0 Å². The minimum atomic E-state index is 0.196. The zero-order valence-electron chi connectivity index (χ0n) is 9.87. The number of hydrogen-bond donors (Lipinski definition) is 0. The first-order valence-electron chi connectivity index (χ1n) is 5.54. The monoisotopic (exact) mass is 308 g/mol. The highest BCUT2D eigenvalue weighted by molar-refractivity contribution is 9.09. The lowest BCUT2D eigenvalue weighted by molar-refractivity contribution is 1.14. The zero-order chi connectivity index (χ0) is 12.4. The molecule has 2 aromatic carbocycles. The third kappa shape index (κ3) is 2.91. The van der Waals surface area contributed by atoms with Gasteiger partial charge in [-0.1, -0.05) is 63.4 Å². The van der Waals surface area contributed by atoms with Crippen LogP contribution in [0.1, 0.15) is 27.1 Å². The van der Waals surface area contributed by atoms with Gasteiger partial charge in [-0.2, -0.15) is 0 Å². The van der Waals surface area contributed by atoms with E-state index in [0.29, 0.717) is 0 Å². The Hall–Kier alpha value is -0.790. The van der Waals surface area contributed by atoms with Gasteiger partial charge >= 0.3 is 0 Å². The molecule has 0 saturated heterocycles. The molecule has 2 heteroatoms. The molecule has 0 bridgehead atoms. The maximum Gasteiger partial charge on any atom is 0.0647 e. The zero-order valence-corrected chi connectivity index (χ0v) is 12.2. The van der Waals surface area contributed by atoms with E-state index in [-0.39, 0.29) is 4.83 Å². The van der Waals surface area contributed by atoms with E-state index in [1.807, 2.05) is 18.2 Å². The molecule has 0 aromatic heterocycles. The van der Waals surface area contributed by atoms with Crippen molar-refractivity contribution in [2.45, 2.75) is 18.7 Å². The lowest BCUT2D eigenvalue weighted by Gasteiger charge is -2.14. The van der Waals surface area contributed by atoms with E-state index in [2.05, 4.69) is 54.0 Å². The third-order valence-corrected chi connectivity index (χ3v) is 4.10. The van der Waals surface area contributed by atoms with Crippen molar-refractivity contribution in [3.8, 4) is 0 Å². The van der Waals surface area contributed by atoms with Gasteiger partial charge in [-0.05, 0) is 42.7 Å². The largest absolute Gasteiger partial charge is 0.0843 e. The molecule has 1 atom stereocenters. The molecule has 2 rings (SSSR count). The van der Waals surface area contributed by atoms with Crippen LogP contribution in [0.5, 0.6) is 0 Å². The molecule has 0 fully saturated rings. The van der Waals surface area contributed by atoms with Gasteiger partial charge in [-0.25, -0.2) is 0 Å². The Labute approximate surface area is 116 Å². The molecule has 0 aliphatic heterocycles. The summed E-state index contributed by atoms with van der Waals surface area (Å²) in [6.07, 6.45) is 0. The van der Waals surface area contributed by atoms with Crippen molar-refractivity contribution >= 4 is 27.5 Å². The summed E-state index contributed by atoms with van der Waals surface area (Å²) in [5.74, 6) is 0. The lowest BCUT2D eigenvalue weighted by Crippen LogP contribution is -1.96. The summed E-state index contributed by atoms with van der Waals surface area (Å²) < 4.78 is 0. The first-order chi connectivity index (χ1) is 8.08. The molecule has 0 N–H and O–H groups in total. The second-order valence-corrected chi connectivity index (χ2v) is 5.63. The van der Waals surface area contributed by atoms with E-state index in [0.717, 1.165) is 5.02 Å². The van der Waals surface area contributed by atoms with Gasteiger partial charge in [-0.3, -0.25) is 0 Å². The highest BCUT2D eigenvalue weighted by Crippen LogP contribution is 2.34. The lowest BCUT2D eigenvalue weighted by atomic mass is 9.99. The summed E-state index contributed by atoms with van der Waals surface area (Å²) >= 11 is 9.77. The first kappa shape index (κ1) is 12.7. The SMILES string of the molecule is Cc1ccc(C(Br)c2cccc(Cl)c2)c(C)c1. The van der Waals surface area contributed by atoms with Crippen LogP contribution in [0.2, 0.25) is 5.02 Å². The molecule has 0 heterocycles. The highest BCUT2D eigenvalue weighted by atomic mass is 79.9. The fraction of sp³-hybridized carbons (Fsp3) is 0.200. The number of benzene rings is 2. The van der Waals surface area contributed by atoms with Crippen LogP contribution in [0, 0.1) is 13.8 Å². The molecule has 2 aromatic rings. The molecule has 0 radical (unpaired) electrons. The number of hydrogen-bond acceptors (Lipinski definition) is 0. The summed E-state index contributed by atoms with van der Waals surface area (Å²) in [6, 6.07) is 14.5. The Morgan fingerprint density at radius 2 is 1.82 bits per heavy atom. The molecule has 17 heavy (non-hydrogen) atoms. The molecule has 1 unspecified atom stereocenters. The van der Waals surface area contributed by atoms with Gasteiger partial charge in [0, 0.05) is 5.02 Å². The Bertz CT molecular complexity index is 534. The molecule has 0 nitrogen and oxygen atoms in total. The quantitative estimate of drug-likeness (QED) is 0.648. The van der Waals surface area contributed by atoms with E-state index in [1.54, 1.807) is 0 Å². The first-order valence-corrected chi connectivity index (χ1v) is 6.84. The van der Waals surface area contributed by atoms with E-state index in [1.165, 1.54) is 22.3 Å². The molecule has 0 aliphatic carbocycles. The molecule has 0 aliphatic rings. The summed E-state index contributed by atoms with van der Waals surface area (Å²) in [5.41, 5.74) is 5.06. The average molecular weight is 310 g/mol. The van der Waals surface area contributed by atoms with Crippen molar-refractivity contribution < 1.29 is 0 Å². The topological polar surface area (TPSA) is 0 Å². The van der Waals surface area contributed by atoms with Crippen LogP contribution in [-0.2, 0) is 0 Å². The minimum absolute atomic E-state index is 0.196. The summed E-state index contributed by atoms with van der Waals surface area (Å²) in [5, 5.41) is 0.775. The van der Waals surface area contributed by atoms with Crippen LogP contribution >= 0.6 is 27.5 Å². The van der Waals surface area contributed by atoms with Gasteiger partial charge in [0.15, 0.2) is 0 Å². The fourth-order valence-electron chi connectivity index (χ4n) is 1.95. The van der Waals surface area contributed by atoms with Crippen molar-refractivity contribution in [1.29, 1.82) is 0 Å².